The van der Waals surface area contributed by atoms with Gasteiger partial charge in [0.2, 0.25) is 5.91 Å². The molecule has 0 aliphatic carbocycles. The van der Waals surface area contributed by atoms with E-state index in [1.54, 1.807) is 12.4 Å². The van der Waals surface area contributed by atoms with E-state index in [-0.39, 0.29) is 11.9 Å². The van der Waals surface area contributed by atoms with Gasteiger partial charge in [0.15, 0.2) is 10.6 Å². The van der Waals surface area contributed by atoms with Gasteiger partial charge < -0.3 is 10.6 Å². The Balaban J connectivity index is 1.34. The maximum atomic E-state index is 11.3. The van der Waals surface area contributed by atoms with Gasteiger partial charge >= 0.3 is 0 Å². The van der Waals surface area contributed by atoms with E-state index in [4.69, 9.17) is 11.6 Å². The van der Waals surface area contributed by atoms with Crippen molar-refractivity contribution in [2.45, 2.75) is 18.9 Å². The number of aromatic nitrogens is 3. The van der Waals surface area contributed by atoms with Crippen LogP contribution < -0.4 is 10.6 Å². The largest absolute Gasteiger partial charge is 0.351 e. The molecule has 1 saturated heterocycles. The van der Waals surface area contributed by atoms with E-state index >= 15 is 0 Å². The molecule has 4 aromatic rings. The standard InChI is InChI=1S/C23H19ClN6OS/c24-20-17(14-5-2-1-3-6-14)7-4-8-18(20)29-22-21-23(32-30-22)28-16(13-26-21)12-25-11-15-9-10-19(31)27-15/h1-8,12-13,15H,9-11H2,(H,27,31)(H,29,30). The number of fused-ring (bicyclic) bond motifs is 1. The Hall–Kier alpha value is -3.36. The summed E-state index contributed by atoms with van der Waals surface area (Å²) in [6.07, 6.45) is 4.74. The first-order valence-corrected chi connectivity index (χ1v) is 11.3. The van der Waals surface area contributed by atoms with E-state index < -0.39 is 0 Å². The van der Waals surface area contributed by atoms with Gasteiger partial charge in [0.05, 0.1) is 23.5 Å². The van der Waals surface area contributed by atoms with Crippen LogP contribution in [0.25, 0.3) is 21.5 Å². The fourth-order valence-corrected chi connectivity index (χ4v) is 4.55. The van der Waals surface area contributed by atoms with E-state index in [1.165, 1.54) is 11.5 Å². The number of nitrogens with zero attached hydrogens (tertiary/aromatic N) is 4. The minimum absolute atomic E-state index is 0.0884. The van der Waals surface area contributed by atoms with Crippen LogP contribution in [0.5, 0.6) is 0 Å². The van der Waals surface area contributed by atoms with Crippen molar-refractivity contribution in [1.29, 1.82) is 0 Å². The molecule has 0 spiro atoms. The van der Waals surface area contributed by atoms with Crippen molar-refractivity contribution >= 4 is 57.1 Å². The molecular weight excluding hydrogens is 444 g/mol. The zero-order chi connectivity index (χ0) is 21.9. The molecule has 1 aliphatic rings. The van der Waals surface area contributed by atoms with Crippen molar-refractivity contribution in [2.75, 3.05) is 11.9 Å². The molecule has 2 N–H and O–H groups in total. The SMILES string of the molecule is O=C1CCC(CN=Cc2cnc3c(Nc4cccc(-c5ccccc5)c4Cl)nsc3n2)N1. The summed E-state index contributed by atoms with van der Waals surface area (Å²) < 4.78 is 4.48. The number of hydrogen-bond donors (Lipinski definition) is 2. The minimum atomic E-state index is 0.0884. The maximum Gasteiger partial charge on any atom is 0.220 e. The Kier molecular flexibility index (Phi) is 5.79. The third-order valence-corrected chi connectivity index (χ3v) is 6.32. The molecule has 3 heterocycles. The number of aliphatic imine (C=N–C) groups is 1. The van der Waals surface area contributed by atoms with Gasteiger partial charge in [-0.1, -0.05) is 54.1 Å². The van der Waals surface area contributed by atoms with Crippen molar-refractivity contribution in [3.05, 3.63) is 65.4 Å². The number of rotatable bonds is 6. The molecule has 2 aromatic carbocycles. The molecule has 0 radical (unpaired) electrons. The van der Waals surface area contributed by atoms with Crippen LogP contribution in [0.15, 0.2) is 59.7 Å². The van der Waals surface area contributed by atoms with Crippen molar-refractivity contribution in [1.82, 2.24) is 19.7 Å². The lowest BCUT2D eigenvalue weighted by atomic mass is 10.1. The first kappa shape index (κ1) is 20.5. The van der Waals surface area contributed by atoms with E-state index in [1.807, 2.05) is 48.5 Å². The predicted molar refractivity (Wildman–Crippen MR) is 129 cm³/mol. The molecular formula is C23H19ClN6OS. The molecule has 160 valence electrons. The number of amides is 1. The zero-order valence-electron chi connectivity index (χ0n) is 17.0. The van der Waals surface area contributed by atoms with Crippen molar-refractivity contribution in [3.8, 4) is 11.1 Å². The second-order valence-electron chi connectivity index (χ2n) is 7.44. The number of carbonyl (C=O) groups is 1. The summed E-state index contributed by atoms with van der Waals surface area (Å²) in [7, 11) is 0. The summed E-state index contributed by atoms with van der Waals surface area (Å²) in [5.74, 6) is 0.701. The highest BCUT2D eigenvalue weighted by molar-refractivity contribution is 7.13. The van der Waals surface area contributed by atoms with Crippen molar-refractivity contribution in [2.24, 2.45) is 4.99 Å². The van der Waals surface area contributed by atoms with Crippen molar-refractivity contribution < 1.29 is 4.79 Å². The molecule has 9 heteroatoms. The van der Waals surface area contributed by atoms with E-state index in [0.29, 0.717) is 39.8 Å². The Morgan fingerprint density at radius 1 is 1.22 bits per heavy atom. The normalized spacial score (nSPS) is 16.0. The Morgan fingerprint density at radius 3 is 2.91 bits per heavy atom. The van der Waals surface area contributed by atoms with Crippen LogP contribution in [0.2, 0.25) is 5.02 Å². The third kappa shape index (κ3) is 4.32. The van der Waals surface area contributed by atoms with Crippen LogP contribution in [0, 0.1) is 0 Å². The maximum absolute atomic E-state index is 11.3. The number of hydrogen-bond acceptors (Lipinski definition) is 7. The Bertz CT molecular complexity index is 1310. The topological polar surface area (TPSA) is 92.2 Å². The van der Waals surface area contributed by atoms with Gasteiger partial charge in [-0.25, -0.2) is 9.97 Å². The van der Waals surface area contributed by atoms with E-state index in [0.717, 1.165) is 23.2 Å². The number of halogens is 1. The summed E-state index contributed by atoms with van der Waals surface area (Å²) in [5, 5.41) is 6.82. The van der Waals surface area contributed by atoms with E-state index in [2.05, 4.69) is 30.0 Å². The average molecular weight is 463 g/mol. The summed E-state index contributed by atoms with van der Waals surface area (Å²) >= 11 is 7.96. The molecule has 1 fully saturated rings. The highest BCUT2D eigenvalue weighted by atomic mass is 35.5. The highest BCUT2D eigenvalue weighted by Crippen LogP contribution is 2.36. The zero-order valence-corrected chi connectivity index (χ0v) is 18.5. The van der Waals surface area contributed by atoms with Gasteiger partial charge in [-0.3, -0.25) is 9.79 Å². The minimum Gasteiger partial charge on any atom is -0.351 e. The van der Waals surface area contributed by atoms with Crippen LogP contribution in [0.3, 0.4) is 0 Å². The molecule has 1 amide bonds. The first-order valence-electron chi connectivity index (χ1n) is 10.2. The van der Waals surface area contributed by atoms with Gasteiger partial charge in [0.1, 0.15) is 11.2 Å². The van der Waals surface area contributed by atoms with Crippen LogP contribution >= 0.6 is 23.1 Å². The van der Waals surface area contributed by atoms with Gasteiger partial charge in [-0.15, -0.1) is 0 Å². The predicted octanol–water partition coefficient (Wildman–Crippen LogP) is 4.85. The molecule has 0 bridgehead atoms. The number of anilines is 2. The van der Waals surface area contributed by atoms with Gasteiger partial charge in [-0.2, -0.15) is 4.37 Å². The quantitative estimate of drug-likeness (QED) is 0.400. The summed E-state index contributed by atoms with van der Waals surface area (Å²) in [4.78, 5) is 25.5. The second kappa shape index (κ2) is 9.02. The molecule has 5 rings (SSSR count). The average Bonchev–Trinajstić information content (AvgIpc) is 3.41. The molecule has 1 unspecified atom stereocenters. The van der Waals surface area contributed by atoms with Gasteiger partial charge in [0.25, 0.3) is 0 Å². The molecule has 7 nitrogen and oxygen atoms in total. The highest BCUT2D eigenvalue weighted by Gasteiger charge is 2.19. The molecule has 1 aliphatic heterocycles. The van der Waals surface area contributed by atoms with Gasteiger partial charge in [-0.05, 0) is 29.6 Å². The van der Waals surface area contributed by atoms with Crippen LogP contribution in [0.4, 0.5) is 11.5 Å². The van der Waals surface area contributed by atoms with Crippen molar-refractivity contribution in [3.63, 3.8) is 0 Å². The summed E-state index contributed by atoms with van der Waals surface area (Å²) in [6, 6.07) is 16.0. The number of carbonyl (C=O) groups excluding carboxylic acids is 1. The molecule has 0 saturated carbocycles. The first-order chi connectivity index (χ1) is 15.7. The lowest BCUT2D eigenvalue weighted by Gasteiger charge is -2.10. The monoisotopic (exact) mass is 462 g/mol. The fourth-order valence-electron chi connectivity index (χ4n) is 3.57. The summed E-state index contributed by atoms with van der Waals surface area (Å²) in [6.45, 7) is 0.539. The fraction of sp³-hybridized carbons (Fsp3) is 0.174. The molecule has 32 heavy (non-hydrogen) atoms. The smallest absolute Gasteiger partial charge is 0.220 e. The third-order valence-electron chi connectivity index (χ3n) is 5.18. The number of nitrogens with one attached hydrogen (secondary N) is 2. The van der Waals surface area contributed by atoms with Crippen LogP contribution in [-0.4, -0.2) is 39.0 Å². The lowest BCUT2D eigenvalue weighted by Crippen LogP contribution is -2.27. The second-order valence-corrected chi connectivity index (χ2v) is 8.57. The van der Waals surface area contributed by atoms with E-state index in [9.17, 15) is 4.79 Å². The van der Waals surface area contributed by atoms with Crippen LogP contribution in [0.1, 0.15) is 18.5 Å². The van der Waals surface area contributed by atoms with Gasteiger partial charge in [0, 0.05) is 24.2 Å². The van der Waals surface area contributed by atoms with Crippen LogP contribution in [-0.2, 0) is 4.79 Å². The molecule has 2 aromatic heterocycles. The number of benzene rings is 2. The Labute approximate surface area is 193 Å². The lowest BCUT2D eigenvalue weighted by molar-refractivity contribution is -0.119. The molecule has 1 atom stereocenters. The Morgan fingerprint density at radius 2 is 2.09 bits per heavy atom. The summed E-state index contributed by atoms with van der Waals surface area (Å²) in [5.41, 5.74) is 4.08.